The standard InChI is InChI=1S/C18H25FN2O3/c1-3-24-18(23)16-6-4-5-11-21(16)12-17(22)20-13(2)14-7-9-15(19)10-8-14/h7-10,13,16H,3-6,11-12H2,1-2H3,(H,20,22)/t13-,16+/m1/s1. The van der Waals surface area contributed by atoms with Gasteiger partial charge in [0.15, 0.2) is 0 Å². The molecule has 1 heterocycles. The Balaban J connectivity index is 1.91. The molecule has 0 aromatic heterocycles. The summed E-state index contributed by atoms with van der Waals surface area (Å²) >= 11 is 0. The van der Waals surface area contributed by atoms with E-state index < -0.39 is 0 Å². The zero-order chi connectivity index (χ0) is 17.5. The lowest BCUT2D eigenvalue weighted by Crippen LogP contribution is -2.49. The predicted molar refractivity (Wildman–Crippen MR) is 88.8 cm³/mol. The molecular formula is C18H25FN2O3. The number of carbonyl (C=O) groups excluding carboxylic acids is 2. The lowest BCUT2D eigenvalue weighted by molar-refractivity contribution is -0.151. The molecule has 1 N–H and O–H groups in total. The highest BCUT2D eigenvalue weighted by atomic mass is 19.1. The van der Waals surface area contributed by atoms with Crippen LogP contribution in [0.2, 0.25) is 0 Å². The van der Waals surface area contributed by atoms with Crippen LogP contribution in [0.5, 0.6) is 0 Å². The Bertz CT molecular complexity index is 562. The van der Waals surface area contributed by atoms with Gasteiger partial charge in [-0.05, 0) is 50.9 Å². The van der Waals surface area contributed by atoms with E-state index in [9.17, 15) is 14.0 Å². The monoisotopic (exact) mass is 336 g/mol. The van der Waals surface area contributed by atoms with E-state index in [0.717, 1.165) is 24.8 Å². The molecule has 0 saturated carbocycles. The van der Waals surface area contributed by atoms with Crippen molar-refractivity contribution in [3.8, 4) is 0 Å². The first kappa shape index (κ1) is 18.4. The molecule has 24 heavy (non-hydrogen) atoms. The summed E-state index contributed by atoms with van der Waals surface area (Å²) < 4.78 is 18.1. The first-order valence-electron chi connectivity index (χ1n) is 8.46. The fraction of sp³-hybridized carbons (Fsp3) is 0.556. The molecule has 1 saturated heterocycles. The number of amides is 1. The molecule has 1 aromatic carbocycles. The van der Waals surface area contributed by atoms with E-state index >= 15 is 0 Å². The molecule has 132 valence electrons. The van der Waals surface area contributed by atoms with Gasteiger partial charge in [0.2, 0.25) is 5.91 Å². The van der Waals surface area contributed by atoms with Gasteiger partial charge >= 0.3 is 5.97 Å². The van der Waals surface area contributed by atoms with E-state index in [4.69, 9.17) is 4.74 Å². The van der Waals surface area contributed by atoms with Crippen LogP contribution in [0.4, 0.5) is 4.39 Å². The minimum Gasteiger partial charge on any atom is -0.465 e. The largest absolute Gasteiger partial charge is 0.465 e. The Morgan fingerprint density at radius 3 is 2.71 bits per heavy atom. The van der Waals surface area contributed by atoms with E-state index in [-0.39, 0.29) is 36.3 Å². The van der Waals surface area contributed by atoms with Crippen LogP contribution in [-0.2, 0) is 14.3 Å². The number of piperidine rings is 1. The maximum absolute atomic E-state index is 13.0. The zero-order valence-electron chi connectivity index (χ0n) is 14.3. The Kier molecular flexibility index (Phi) is 6.73. The van der Waals surface area contributed by atoms with Gasteiger partial charge in [0, 0.05) is 0 Å². The Morgan fingerprint density at radius 2 is 2.04 bits per heavy atom. The summed E-state index contributed by atoms with van der Waals surface area (Å²) in [5.74, 6) is -0.706. The number of nitrogens with zero attached hydrogens (tertiary/aromatic N) is 1. The number of benzene rings is 1. The Hall–Kier alpha value is -1.95. The van der Waals surface area contributed by atoms with E-state index in [1.165, 1.54) is 12.1 Å². The second-order valence-electron chi connectivity index (χ2n) is 6.07. The molecule has 1 aliphatic rings. The van der Waals surface area contributed by atoms with Crippen molar-refractivity contribution in [1.82, 2.24) is 10.2 Å². The fourth-order valence-corrected chi connectivity index (χ4v) is 2.99. The summed E-state index contributed by atoms with van der Waals surface area (Å²) in [6.07, 6.45) is 2.66. The van der Waals surface area contributed by atoms with Crippen molar-refractivity contribution in [3.05, 3.63) is 35.6 Å². The summed E-state index contributed by atoms with van der Waals surface area (Å²) in [5, 5.41) is 2.90. The number of esters is 1. The number of hydrogen-bond donors (Lipinski definition) is 1. The van der Waals surface area contributed by atoms with Crippen molar-refractivity contribution in [1.29, 1.82) is 0 Å². The van der Waals surface area contributed by atoms with Gasteiger partial charge in [-0.3, -0.25) is 14.5 Å². The molecule has 1 aliphatic heterocycles. The molecule has 1 fully saturated rings. The van der Waals surface area contributed by atoms with Crippen LogP contribution >= 0.6 is 0 Å². The number of hydrogen-bond acceptors (Lipinski definition) is 4. The molecule has 0 radical (unpaired) electrons. The maximum atomic E-state index is 13.0. The third-order valence-electron chi connectivity index (χ3n) is 4.27. The number of ether oxygens (including phenoxy) is 1. The normalized spacial score (nSPS) is 19.5. The lowest BCUT2D eigenvalue weighted by atomic mass is 10.0. The molecular weight excluding hydrogens is 311 g/mol. The topological polar surface area (TPSA) is 58.6 Å². The quantitative estimate of drug-likeness (QED) is 0.811. The van der Waals surface area contributed by atoms with Crippen LogP contribution in [0.25, 0.3) is 0 Å². The van der Waals surface area contributed by atoms with Crippen LogP contribution in [0, 0.1) is 5.82 Å². The van der Waals surface area contributed by atoms with Crippen molar-refractivity contribution in [3.63, 3.8) is 0 Å². The van der Waals surface area contributed by atoms with Crippen LogP contribution < -0.4 is 5.32 Å². The molecule has 1 aromatic rings. The number of likely N-dealkylation sites (tertiary alicyclic amines) is 1. The summed E-state index contributed by atoms with van der Waals surface area (Å²) in [5.41, 5.74) is 0.838. The van der Waals surface area contributed by atoms with Gasteiger partial charge in [-0.15, -0.1) is 0 Å². The van der Waals surface area contributed by atoms with E-state index in [1.54, 1.807) is 19.1 Å². The van der Waals surface area contributed by atoms with Crippen LogP contribution in [0.1, 0.15) is 44.7 Å². The van der Waals surface area contributed by atoms with Gasteiger partial charge in [0.25, 0.3) is 0 Å². The molecule has 0 aliphatic carbocycles. The van der Waals surface area contributed by atoms with Gasteiger partial charge in [-0.25, -0.2) is 4.39 Å². The van der Waals surface area contributed by atoms with Gasteiger partial charge in [-0.1, -0.05) is 18.6 Å². The average Bonchev–Trinajstić information content (AvgIpc) is 2.56. The molecule has 0 bridgehead atoms. The third-order valence-corrected chi connectivity index (χ3v) is 4.27. The van der Waals surface area contributed by atoms with Gasteiger partial charge in [0.1, 0.15) is 11.9 Å². The first-order chi connectivity index (χ1) is 11.5. The number of carbonyl (C=O) groups is 2. The summed E-state index contributed by atoms with van der Waals surface area (Å²) in [6, 6.07) is 5.50. The molecule has 0 spiro atoms. The highest BCUT2D eigenvalue weighted by Crippen LogP contribution is 2.18. The van der Waals surface area contributed by atoms with Crippen molar-refractivity contribution >= 4 is 11.9 Å². The van der Waals surface area contributed by atoms with E-state index in [0.29, 0.717) is 13.2 Å². The molecule has 2 rings (SSSR count). The van der Waals surface area contributed by atoms with E-state index in [1.807, 2.05) is 11.8 Å². The van der Waals surface area contributed by atoms with Crippen molar-refractivity contribution in [2.24, 2.45) is 0 Å². The molecule has 0 unspecified atom stereocenters. The van der Waals surface area contributed by atoms with Crippen molar-refractivity contribution in [2.75, 3.05) is 19.7 Å². The third kappa shape index (κ3) is 5.03. The van der Waals surface area contributed by atoms with Crippen LogP contribution in [0.3, 0.4) is 0 Å². The molecule has 1 amide bonds. The number of rotatable bonds is 6. The SMILES string of the molecule is CCOC(=O)[C@@H]1CCCCN1CC(=O)N[C@H](C)c1ccc(F)cc1. The Labute approximate surface area is 142 Å². The minimum atomic E-state index is -0.342. The summed E-state index contributed by atoms with van der Waals surface area (Å²) in [6.45, 7) is 4.85. The van der Waals surface area contributed by atoms with Gasteiger partial charge in [0.05, 0.1) is 19.2 Å². The minimum absolute atomic E-state index is 0.150. The second kappa shape index (κ2) is 8.78. The van der Waals surface area contributed by atoms with Crippen molar-refractivity contribution < 1.29 is 18.7 Å². The fourth-order valence-electron chi connectivity index (χ4n) is 2.99. The molecule has 2 atom stereocenters. The zero-order valence-corrected chi connectivity index (χ0v) is 14.3. The van der Waals surface area contributed by atoms with E-state index in [2.05, 4.69) is 5.32 Å². The van der Waals surface area contributed by atoms with Gasteiger partial charge in [-0.2, -0.15) is 0 Å². The number of nitrogens with one attached hydrogen (secondary N) is 1. The Morgan fingerprint density at radius 1 is 1.33 bits per heavy atom. The van der Waals surface area contributed by atoms with Crippen LogP contribution in [-0.4, -0.2) is 42.5 Å². The second-order valence-corrected chi connectivity index (χ2v) is 6.07. The smallest absolute Gasteiger partial charge is 0.323 e. The van der Waals surface area contributed by atoms with Crippen LogP contribution in [0.15, 0.2) is 24.3 Å². The molecule has 6 heteroatoms. The average molecular weight is 336 g/mol. The highest BCUT2D eigenvalue weighted by molar-refractivity contribution is 5.81. The molecule has 5 nitrogen and oxygen atoms in total. The van der Waals surface area contributed by atoms with Crippen molar-refractivity contribution in [2.45, 2.75) is 45.2 Å². The summed E-state index contributed by atoms with van der Waals surface area (Å²) in [7, 11) is 0. The first-order valence-corrected chi connectivity index (χ1v) is 8.46. The maximum Gasteiger partial charge on any atom is 0.323 e. The highest BCUT2D eigenvalue weighted by Gasteiger charge is 2.31. The summed E-state index contributed by atoms with van der Waals surface area (Å²) in [4.78, 5) is 26.2. The predicted octanol–water partition coefficient (Wildman–Crippen LogP) is 2.42. The number of halogens is 1. The lowest BCUT2D eigenvalue weighted by Gasteiger charge is -2.33. The van der Waals surface area contributed by atoms with Gasteiger partial charge < -0.3 is 10.1 Å².